The first-order valence-corrected chi connectivity index (χ1v) is 7.99. The molecule has 0 spiro atoms. The molecule has 21 heavy (non-hydrogen) atoms. The first kappa shape index (κ1) is 14.5. The summed E-state index contributed by atoms with van der Waals surface area (Å²) in [5.74, 6) is 0.518. The maximum Gasteiger partial charge on any atom is 0.0594 e. The van der Waals surface area contributed by atoms with Gasteiger partial charge in [-0.25, -0.2) is 0 Å². The van der Waals surface area contributed by atoms with Crippen molar-refractivity contribution in [2.24, 2.45) is 5.92 Å². The Hall–Kier alpha value is -1.45. The third-order valence-corrected chi connectivity index (χ3v) is 4.51. The molecule has 3 heteroatoms. The van der Waals surface area contributed by atoms with Gasteiger partial charge in [-0.1, -0.05) is 31.2 Å². The molecule has 2 aromatic rings. The van der Waals surface area contributed by atoms with E-state index in [4.69, 9.17) is 4.74 Å². The summed E-state index contributed by atoms with van der Waals surface area (Å²) in [6.07, 6.45) is 6.53. The summed E-state index contributed by atoms with van der Waals surface area (Å²) in [6.45, 7) is 6.29. The summed E-state index contributed by atoms with van der Waals surface area (Å²) in [5.41, 5.74) is 1.31. The fourth-order valence-electron chi connectivity index (χ4n) is 3.37. The number of hydrogen-bond acceptors (Lipinski definition) is 3. The molecule has 3 rings (SSSR count). The highest BCUT2D eigenvalue weighted by molar-refractivity contribution is 5.85. The van der Waals surface area contributed by atoms with Crippen LogP contribution in [0.15, 0.2) is 36.7 Å². The van der Waals surface area contributed by atoms with Crippen LogP contribution in [-0.4, -0.2) is 24.2 Å². The second kappa shape index (κ2) is 6.54. The lowest BCUT2D eigenvalue weighted by atomic mass is 9.87. The maximum atomic E-state index is 5.80. The number of hydrogen-bond donors (Lipinski definition) is 1. The molecule has 112 valence electrons. The molecule has 3 nitrogen and oxygen atoms in total. The lowest BCUT2D eigenvalue weighted by molar-refractivity contribution is 0.0955. The molecular weight excluding hydrogens is 260 g/mol. The van der Waals surface area contributed by atoms with Gasteiger partial charge in [0.25, 0.3) is 0 Å². The fraction of sp³-hybridized carbons (Fsp3) is 0.500. The molecular formula is C18H24N2O. The monoisotopic (exact) mass is 284 g/mol. The first-order valence-electron chi connectivity index (χ1n) is 7.99. The van der Waals surface area contributed by atoms with E-state index in [1.165, 1.54) is 16.3 Å². The van der Waals surface area contributed by atoms with E-state index in [1.807, 2.05) is 12.4 Å². The number of rotatable bonds is 5. The lowest BCUT2D eigenvalue weighted by Crippen LogP contribution is -2.32. The van der Waals surface area contributed by atoms with E-state index in [9.17, 15) is 0 Å². The second-order valence-corrected chi connectivity index (χ2v) is 5.91. The number of nitrogens with zero attached hydrogens (tertiary/aromatic N) is 1. The average molecular weight is 284 g/mol. The molecule has 0 bridgehead atoms. The van der Waals surface area contributed by atoms with Crippen LogP contribution < -0.4 is 5.32 Å². The maximum absolute atomic E-state index is 5.80. The van der Waals surface area contributed by atoms with Gasteiger partial charge in [0.2, 0.25) is 0 Å². The summed E-state index contributed by atoms with van der Waals surface area (Å²) in [6, 6.07) is 8.84. The molecule has 1 saturated heterocycles. The smallest absolute Gasteiger partial charge is 0.0594 e. The SMILES string of the molecule is CCCNC(c1cncc2ccccc12)C1CCOC1C. The van der Waals surface area contributed by atoms with Crippen molar-refractivity contribution in [1.82, 2.24) is 10.3 Å². The molecule has 0 aliphatic carbocycles. The van der Waals surface area contributed by atoms with Gasteiger partial charge in [-0.3, -0.25) is 4.98 Å². The largest absolute Gasteiger partial charge is 0.378 e. The van der Waals surface area contributed by atoms with E-state index in [0.29, 0.717) is 18.1 Å². The van der Waals surface area contributed by atoms with Gasteiger partial charge in [-0.2, -0.15) is 0 Å². The third-order valence-electron chi connectivity index (χ3n) is 4.51. The zero-order chi connectivity index (χ0) is 14.7. The Kier molecular flexibility index (Phi) is 4.51. The Morgan fingerprint density at radius 2 is 2.19 bits per heavy atom. The van der Waals surface area contributed by atoms with Crippen LogP contribution in [0, 0.1) is 5.92 Å². The number of pyridine rings is 1. The minimum absolute atomic E-state index is 0.304. The molecule has 2 heterocycles. The third kappa shape index (κ3) is 2.94. The van der Waals surface area contributed by atoms with Crippen LogP contribution in [0.3, 0.4) is 0 Å². The average Bonchev–Trinajstić information content (AvgIpc) is 2.94. The number of fused-ring (bicyclic) bond motifs is 1. The van der Waals surface area contributed by atoms with Crippen molar-refractivity contribution < 1.29 is 4.74 Å². The van der Waals surface area contributed by atoms with E-state index in [2.05, 4.69) is 48.4 Å². The van der Waals surface area contributed by atoms with Crippen LogP contribution in [0.25, 0.3) is 10.8 Å². The predicted octanol–water partition coefficient (Wildman–Crippen LogP) is 3.70. The number of ether oxygens (including phenoxy) is 1. The van der Waals surface area contributed by atoms with Crippen LogP contribution in [0.2, 0.25) is 0 Å². The topological polar surface area (TPSA) is 34.2 Å². The molecule has 3 unspecified atom stereocenters. The highest BCUT2D eigenvalue weighted by Crippen LogP contribution is 2.35. The Labute approximate surface area is 126 Å². The Morgan fingerprint density at radius 1 is 1.33 bits per heavy atom. The van der Waals surface area contributed by atoms with Crippen molar-refractivity contribution in [1.29, 1.82) is 0 Å². The molecule has 3 atom stereocenters. The van der Waals surface area contributed by atoms with E-state index in [0.717, 1.165) is 26.0 Å². The van der Waals surface area contributed by atoms with E-state index in [-0.39, 0.29) is 0 Å². The predicted molar refractivity (Wildman–Crippen MR) is 86.3 cm³/mol. The highest BCUT2D eigenvalue weighted by Gasteiger charge is 2.33. The van der Waals surface area contributed by atoms with E-state index in [1.54, 1.807) is 0 Å². The molecule has 1 fully saturated rings. The lowest BCUT2D eigenvalue weighted by Gasteiger charge is -2.28. The summed E-state index contributed by atoms with van der Waals surface area (Å²) in [7, 11) is 0. The zero-order valence-corrected chi connectivity index (χ0v) is 12.9. The van der Waals surface area contributed by atoms with Crippen molar-refractivity contribution in [2.45, 2.75) is 38.8 Å². The van der Waals surface area contributed by atoms with Crippen LogP contribution in [0.1, 0.15) is 38.3 Å². The number of benzene rings is 1. The van der Waals surface area contributed by atoms with Crippen molar-refractivity contribution >= 4 is 10.8 Å². The normalized spacial score (nSPS) is 23.5. The van der Waals surface area contributed by atoms with Gasteiger partial charge in [0.05, 0.1) is 6.10 Å². The minimum Gasteiger partial charge on any atom is -0.378 e. The Balaban J connectivity index is 2.01. The van der Waals surface area contributed by atoms with Crippen molar-refractivity contribution in [3.05, 3.63) is 42.2 Å². The quantitative estimate of drug-likeness (QED) is 0.909. The van der Waals surface area contributed by atoms with E-state index >= 15 is 0 Å². The molecule has 0 radical (unpaired) electrons. The molecule has 1 aliphatic rings. The molecule has 1 aliphatic heterocycles. The minimum atomic E-state index is 0.304. The van der Waals surface area contributed by atoms with Gasteiger partial charge in [-0.05, 0) is 37.3 Å². The number of nitrogens with one attached hydrogen (secondary N) is 1. The Morgan fingerprint density at radius 3 is 2.95 bits per heavy atom. The van der Waals surface area contributed by atoms with Crippen LogP contribution >= 0.6 is 0 Å². The van der Waals surface area contributed by atoms with Crippen LogP contribution in [-0.2, 0) is 4.74 Å². The molecule has 1 aromatic carbocycles. The van der Waals surface area contributed by atoms with Gasteiger partial charge < -0.3 is 10.1 Å². The first-order chi connectivity index (χ1) is 10.3. The second-order valence-electron chi connectivity index (χ2n) is 5.91. The standard InChI is InChI=1S/C18H24N2O/c1-3-9-20-18(15-8-10-21-13(15)2)17-12-19-11-14-6-4-5-7-16(14)17/h4-7,11-13,15,18,20H,3,8-10H2,1-2H3. The van der Waals surface area contributed by atoms with Gasteiger partial charge >= 0.3 is 0 Å². The summed E-state index contributed by atoms with van der Waals surface area (Å²) in [4.78, 5) is 4.46. The summed E-state index contributed by atoms with van der Waals surface area (Å²) in [5, 5.41) is 6.25. The van der Waals surface area contributed by atoms with Gasteiger partial charge in [0.1, 0.15) is 0 Å². The van der Waals surface area contributed by atoms with Gasteiger partial charge in [0, 0.05) is 36.3 Å². The summed E-state index contributed by atoms with van der Waals surface area (Å²) < 4.78 is 5.80. The molecule has 0 saturated carbocycles. The van der Waals surface area contributed by atoms with Gasteiger partial charge in [0.15, 0.2) is 0 Å². The Bertz CT molecular complexity index is 593. The van der Waals surface area contributed by atoms with Crippen LogP contribution in [0.5, 0.6) is 0 Å². The molecule has 1 aromatic heterocycles. The fourth-order valence-corrected chi connectivity index (χ4v) is 3.37. The highest BCUT2D eigenvalue weighted by atomic mass is 16.5. The van der Waals surface area contributed by atoms with Crippen molar-refractivity contribution in [3.63, 3.8) is 0 Å². The summed E-state index contributed by atoms with van der Waals surface area (Å²) >= 11 is 0. The van der Waals surface area contributed by atoms with Crippen molar-refractivity contribution in [2.75, 3.05) is 13.2 Å². The zero-order valence-electron chi connectivity index (χ0n) is 12.9. The molecule has 1 N–H and O–H groups in total. The van der Waals surface area contributed by atoms with Crippen molar-refractivity contribution in [3.8, 4) is 0 Å². The van der Waals surface area contributed by atoms with E-state index < -0.39 is 0 Å². The molecule has 0 amide bonds. The number of aromatic nitrogens is 1. The van der Waals surface area contributed by atoms with Crippen LogP contribution in [0.4, 0.5) is 0 Å². The van der Waals surface area contributed by atoms with Gasteiger partial charge in [-0.15, -0.1) is 0 Å².